The van der Waals surface area contributed by atoms with Gasteiger partial charge in [-0.1, -0.05) is 0 Å². The fourth-order valence-corrected chi connectivity index (χ4v) is 3.12. The first-order valence-corrected chi connectivity index (χ1v) is 8.02. The smallest absolute Gasteiger partial charge is 0.134 e. The molecule has 0 saturated heterocycles. The van der Waals surface area contributed by atoms with E-state index in [4.69, 9.17) is 0 Å². The van der Waals surface area contributed by atoms with Crippen molar-refractivity contribution < 1.29 is 0 Å². The summed E-state index contributed by atoms with van der Waals surface area (Å²) in [7, 11) is 0. The zero-order valence-electron chi connectivity index (χ0n) is 12.9. The monoisotopic (exact) mass is 274 g/mol. The van der Waals surface area contributed by atoms with Crippen LogP contribution in [0.5, 0.6) is 0 Å². The van der Waals surface area contributed by atoms with E-state index in [2.05, 4.69) is 34.4 Å². The molecule has 20 heavy (non-hydrogen) atoms. The quantitative estimate of drug-likeness (QED) is 0.800. The fourth-order valence-electron chi connectivity index (χ4n) is 3.12. The van der Waals surface area contributed by atoms with Crippen LogP contribution >= 0.6 is 0 Å². The first kappa shape index (κ1) is 13.7. The van der Waals surface area contributed by atoms with Gasteiger partial charge in [-0.3, -0.25) is 0 Å². The summed E-state index contributed by atoms with van der Waals surface area (Å²) >= 11 is 0. The molecule has 1 aromatic rings. The Labute approximate surface area is 121 Å². The summed E-state index contributed by atoms with van der Waals surface area (Å²) in [5.74, 6) is 5.64. The van der Waals surface area contributed by atoms with Gasteiger partial charge in [0.1, 0.15) is 17.5 Å². The predicted octanol–water partition coefficient (Wildman–Crippen LogP) is 3.37. The number of anilines is 2. The lowest BCUT2D eigenvalue weighted by atomic mass is 9.98. The van der Waals surface area contributed by atoms with Crippen molar-refractivity contribution in [2.24, 2.45) is 17.8 Å². The Morgan fingerprint density at radius 3 is 2.05 bits per heavy atom. The Morgan fingerprint density at radius 2 is 1.55 bits per heavy atom. The molecule has 0 atom stereocenters. The summed E-state index contributed by atoms with van der Waals surface area (Å²) in [4.78, 5) is 9.07. The van der Waals surface area contributed by atoms with Crippen molar-refractivity contribution in [3.8, 4) is 0 Å². The van der Waals surface area contributed by atoms with E-state index in [0.29, 0.717) is 0 Å². The summed E-state index contributed by atoms with van der Waals surface area (Å²) in [5, 5.41) is 6.93. The average Bonchev–Trinajstić information content (AvgIpc) is 3.26. The van der Waals surface area contributed by atoms with Crippen LogP contribution in [0.4, 0.5) is 11.6 Å². The highest BCUT2D eigenvalue weighted by Crippen LogP contribution is 2.49. The zero-order valence-corrected chi connectivity index (χ0v) is 12.9. The third-order valence-electron chi connectivity index (χ3n) is 4.56. The second-order valence-corrected chi connectivity index (χ2v) is 6.34. The minimum Gasteiger partial charge on any atom is -0.370 e. The summed E-state index contributed by atoms with van der Waals surface area (Å²) in [6, 6.07) is 0. The van der Waals surface area contributed by atoms with Crippen LogP contribution in [0.2, 0.25) is 0 Å². The van der Waals surface area contributed by atoms with E-state index in [1.807, 2.05) is 6.92 Å². The van der Waals surface area contributed by atoms with Gasteiger partial charge in [-0.05, 0) is 64.2 Å². The molecule has 0 spiro atoms. The van der Waals surface area contributed by atoms with Crippen molar-refractivity contribution in [1.82, 2.24) is 9.97 Å². The van der Waals surface area contributed by atoms with Gasteiger partial charge in [0.25, 0.3) is 0 Å². The summed E-state index contributed by atoms with van der Waals surface area (Å²) in [6.07, 6.45) is 5.75. The van der Waals surface area contributed by atoms with Gasteiger partial charge >= 0.3 is 0 Å². The predicted molar refractivity (Wildman–Crippen MR) is 83.1 cm³/mol. The molecule has 110 valence electrons. The van der Waals surface area contributed by atoms with E-state index in [-0.39, 0.29) is 0 Å². The number of aromatic nitrogens is 2. The molecule has 0 aromatic carbocycles. The Hall–Kier alpha value is -1.32. The highest BCUT2D eigenvalue weighted by Gasteiger charge is 2.41. The normalized spacial score (nSPS) is 18.4. The largest absolute Gasteiger partial charge is 0.370 e. The molecule has 4 nitrogen and oxygen atoms in total. The molecule has 0 aliphatic heterocycles. The van der Waals surface area contributed by atoms with E-state index in [1.165, 1.54) is 25.7 Å². The maximum Gasteiger partial charge on any atom is 0.134 e. The Bertz CT molecular complexity index is 466. The number of hydrogen-bond donors (Lipinski definition) is 2. The van der Waals surface area contributed by atoms with Crippen LogP contribution in [0, 0.1) is 31.6 Å². The van der Waals surface area contributed by atoms with Crippen LogP contribution in [0.25, 0.3) is 0 Å². The Morgan fingerprint density at radius 1 is 1.00 bits per heavy atom. The van der Waals surface area contributed by atoms with Crippen molar-refractivity contribution >= 4 is 11.6 Å². The topological polar surface area (TPSA) is 49.8 Å². The molecule has 0 amide bonds. The summed E-state index contributed by atoms with van der Waals surface area (Å²) in [6.45, 7) is 8.13. The number of nitrogens with zero attached hydrogens (tertiary/aromatic N) is 2. The molecule has 2 aliphatic carbocycles. The van der Waals surface area contributed by atoms with Crippen molar-refractivity contribution in [2.75, 3.05) is 23.7 Å². The van der Waals surface area contributed by atoms with Gasteiger partial charge in [-0.25, -0.2) is 9.97 Å². The summed E-state index contributed by atoms with van der Waals surface area (Å²) in [5.41, 5.74) is 1.14. The van der Waals surface area contributed by atoms with Gasteiger partial charge in [-0.15, -0.1) is 0 Å². The van der Waals surface area contributed by atoms with Crippen LogP contribution in [0.1, 0.15) is 44.0 Å². The Kier molecular flexibility index (Phi) is 3.81. The second-order valence-electron chi connectivity index (χ2n) is 6.34. The molecule has 2 saturated carbocycles. The molecule has 1 heterocycles. The number of nitrogens with one attached hydrogen (secondary N) is 2. The molecule has 2 aliphatic rings. The highest BCUT2D eigenvalue weighted by atomic mass is 15.1. The van der Waals surface area contributed by atoms with Crippen molar-refractivity contribution in [1.29, 1.82) is 0 Å². The van der Waals surface area contributed by atoms with Crippen LogP contribution in [0.15, 0.2) is 0 Å². The third-order valence-corrected chi connectivity index (χ3v) is 4.56. The lowest BCUT2D eigenvalue weighted by Crippen LogP contribution is -2.20. The van der Waals surface area contributed by atoms with Crippen LogP contribution in [-0.2, 0) is 0 Å². The van der Waals surface area contributed by atoms with Crippen molar-refractivity contribution in [2.45, 2.75) is 46.5 Å². The maximum atomic E-state index is 4.58. The van der Waals surface area contributed by atoms with Crippen LogP contribution in [0.3, 0.4) is 0 Å². The van der Waals surface area contributed by atoms with Gasteiger partial charge in [0.15, 0.2) is 0 Å². The third kappa shape index (κ3) is 3.05. The zero-order chi connectivity index (χ0) is 14.1. The number of aryl methyl sites for hydroxylation is 1. The number of hydrogen-bond acceptors (Lipinski definition) is 4. The first-order chi connectivity index (χ1) is 9.69. The van der Waals surface area contributed by atoms with Crippen LogP contribution in [-0.4, -0.2) is 23.1 Å². The van der Waals surface area contributed by atoms with Gasteiger partial charge in [0, 0.05) is 18.7 Å². The minimum atomic E-state index is 0.837. The van der Waals surface area contributed by atoms with Gasteiger partial charge in [0.05, 0.1) is 0 Å². The molecule has 3 rings (SSSR count). The molecule has 2 fully saturated rings. The molecule has 0 bridgehead atoms. The molecule has 4 heteroatoms. The lowest BCUT2D eigenvalue weighted by molar-refractivity contribution is 0.427. The minimum absolute atomic E-state index is 0.837. The second kappa shape index (κ2) is 5.58. The molecule has 2 N–H and O–H groups in total. The number of rotatable bonds is 7. The van der Waals surface area contributed by atoms with E-state index in [9.17, 15) is 0 Å². The van der Waals surface area contributed by atoms with Crippen molar-refractivity contribution in [3.05, 3.63) is 11.4 Å². The van der Waals surface area contributed by atoms with Crippen molar-refractivity contribution in [3.63, 3.8) is 0 Å². The highest BCUT2D eigenvalue weighted by molar-refractivity contribution is 5.57. The average molecular weight is 274 g/mol. The van der Waals surface area contributed by atoms with Gasteiger partial charge in [0.2, 0.25) is 0 Å². The van der Waals surface area contributed by atoms with E-state index in [0.717, 1.165) is 53.9 Å². The van der Waals surface area contributed by atoms with E-state index < -0.39 is 0 Å². The Balaban J connectivity index is 1.69. The fraction of sp³-hybridized carbons (Fsp3) is 0.750. The van der Waals surface area contributed by atoms with Crippen LogP contribution < -0.4 is 10.6 Å². The molecular weight excluding hydrogens is 248 g/mol. The van der Waals surface area contributed by atoms with Gasteiger partial charge in [-0.2, -0.15) is 0 Å². The molecule has 1 aromatic heterocycles. The molecule has 0 radical (unpaired) electrons. The summed E-state index contributed by atoms with van der Waals surface area (Å²) < 4.78 is 0. The maximum absolute atomic E-state index is 4.58. The van der Waals surface area contributed by atoms with E-state index >= 15 is 0 Å². The first-order valence-electron chi connectivity index (χ1n) is 8.02. The van der Waals surface area contributed by atoms with Gasteiger partial charge < -0.3 is 10.6 Å². The SMILES string of the molecule is CCNc1nc(C)nc(NCC(C2CC2)C2CC2)c1C. The molecular formula is C16H26N4. The van der Waals surface area contributed by atoms with E-state index in [1.54, 1.807) is 0 Å². The lowest BCUT2D eigenvalue weighted by Gasteiger charge is -2.19. The standard InChI is InChI=1S/C16H26N4/c1-4-17-15-10(2)16(20-11(3)19-15)18-9-14(12-5-6-12)13-7-8-13/h12-14H,4-9H2,1-3H3,(H2,17,18,19,20). The molecule has 0 unspecified atom stereocenters.